The molecule has 1 aromatic rings. The molecule has 1 aromatic carbocycles. The van der Waals surface area contributed by atoms with Gasteiger partial charge in [0, 0.05) is 17.2 Å². The second kappa shape index (κ2) is 4.02. The van der Waals surface area contributed by atoms with Crippen LogP contribution in [0.1, 0.15) is 50.5 Å². The predicted octanol–water partition coefficient (Wildman–Crippen LogP) is 3.86. The number of hydrogen-bond donors (Lipinski definition) is 1. The van der Waals surface area contributed by atoms with E-state index in [4.69, 9.17) is 5.73 Å². The Morgan fingerprint density at radius 1 is 1.00 bits per heavy atom. The number of hydrogen-bond acceptors (Lipinski definition) is 1. The molecule has 2 aliphatic rings. The Hall–Kier alpha value is -0.960. The number of halogens is 2. The fraction of sp³-hybridized carbons (Fsp3) is 0.600. The first-order chi connectivity index (χ1) is 8.53. The molecule has 2 fully saturated rings. The van der Waals surface area contributed by atoms with Crippen molar-refractivity contribution in [2.45, 2.75) is 50.5 Å². The highest BCUT2D eigenvalue weighted by Crippen LogP contribution is 2.59. The van der Waals surface area contributed by atoms with Gasteiger partial charge in [0.1, 0.15) is 11.6 Å². The molecule has 2 saturated carbocycles. The molecule has 18 heavy (non-hydrogen) atoms. The Morgan fingerprint density at radius 2 is 1.67 bits per heavy atom. The monoisotopic (exact) mass is 251 g/mol. The quantitative estimate of drug-likeness (QED) is 0.805. The predicted molar refractivity (Wildman–Crippen MR) is 67.0 cm³/mol. The van der Waals surface area contributed by atoms with Gasteiger partial charge in [0.05, 0.1) is 0 Å². The van der Waals surface area contributed by atoms with Gasteiger partial charge < -0.3 is 5.73 Å². The van der Waals surface area contributed by atoms with E-state index in [-0.39, 0.29) is 0 Å². The topological polar surface area (TPSA) is 26.0 Å². The Morgan fingerprint density at radius 3 is 2.28 bits per heavy atom. The van der Waals surface area contributed by atoms with Gasteiger partial charge in [-0.1, -0.05) is 25.3 Å². The summed E-state index contributed by atoms with van der Waals surface area (Å²) in [5.74, 6) is -1.03. The lowest BCUT2D eigenvalue weighted by Crippen LogP contribution is -2.56. The summed E-state index contributed by atoms with van der Waals surface area (Å²) in [6, 6.07) is 3.76. The van der Waals surface area contributed by atoms with Crippen LogP contribution in [0.25, 0.3) is 0 Å². The minimum atomic E-state index is -0.574. The average Bonchev–Trinajstić information content (AvgIpc) is 2.28. The molecule has 0 bridgehead atoms. The van der Waals surface area contributed by atoms with E-state index in [1.54, 1.807) is 0 Å². The first kappa shape index (κ1) is 12.1. The Bertz CT molecular complexity index is 456. The molecule has 3 rings (SSSR count). The van der Waals surface area contributed by atoms with E-state index in [0.717, 1.165) is 18.9 Å². The molecule has 0 amide bonds. The van der Waals surface area contributed by atoms with Gasteiger partial charge >= 0.3 is 0 Å². The van der Waals surface area contributed by atoms with Crippen LogP contribution in [0.4, 0.5) is 8.78 Å². The Balaban J connectivity index is 1.81. The zero-order valence-corrected chi connectivity index (χ0v) is 10.5. The fourth-order valence-corrected chi connectivity index (χ4v) is 4.03. The summed E-state index contributed by atoms with van der Waals surface area (Å²) >= 11 is 0. The summed E-state index contributed by atoms with van der Waals surface area (Å²) in [6.07, 6.45) is 7.98. The van der Waals surface area contributed by atoms with Crippen LogP contribution >= 0.6 is 0 Å². The van der Waals surface area contributed by atoms with Crippen molar-refractivity contribution in [1.82, 2.24) is 0 Å². The lowest BCUT2D eigenvalue weighted by Gasteiger charge is -2.56. The maximum absolute atomic E-state index is 13.8. The molecule has 3 heteroatoms. The van der Waals surface area contributed by atoms with Gasteiger partial charge in [-0.25, -0.2) is 8.78 Å². The first-order valence-electron chi connectivity index (χ1n) is 6.78. The second-order valence-electron chi connectivity index (χ2n) is 6.19. The zero-order chi connectivity index (χ0) is 12.8. The van der Waals surface area contributed by atoms with E-state index in [1.807, 2.05) is 0 Å². The molecule has 0 saturated heterocycles. The Kier molecular flexibility index (Phi) is 2.70. The normalized spacial score (nSPS) is 24.8. The van der Waals surface area contributed by atoms with Crippen LogP contribution in [0.5, 0.6) is 0 Å². The van der Waals surface area contributed by atoms with E-state index in [0.29, 0.717) is 11.0 Å². The minimum Gasteiger partial charge on any atom is -0.321 e. The smallest absolute Gasteiger partial charge is 0.131 e. The molecule has 2 N–H and O–H groups in total. The summed E-state index contributed by atoms with van der Waals surface area (Å²) < 4.78 is 26.7. The molecule has 98 valence electrons. The van der Waals surface area contributed by atoms with Gasteiger partial charge in [-0.2, -0.15) is 0 Å². The fourth-order valence-electron chi connectivity index (χ4n) is 4.03. The van der Waals surface area contributed by atoms with Crippen molar-refractivity contribution in [1.29, 1.82) is 0 Å². The van der Waals surface area contributed by atoms with Crippen LogP contribution in [0, 0.1) is 17.0 Å². The molecular weight excluding hydrogens is 232 g/mol. The van der Waals surface area contributed by atoms with Gasteiger partial charge in [-0.3, -0.25) is 0 Å². The Labute approximate surface area is 106 Å². The van der Waals surface area contributed by atoms with Crippen LogP contribution in [0.15, 0.2) is 18.2 Å². The van der Waals surface area contributed by atoms with E-state index < -0.39 is 17.2 Å². The molecule has 2 aliphatic carbocycles. The van der Waals surface area contributed by atoms with Gasteiger partial charge in [-0.05, 0) is 37.2 Å². The first-order valence-corrected chi connectivity index (χ1v) is 6.78. The zero-order valence-electron chi connectivity index (χ0n) is 10.5. The molecule has 0 radical (unpaired) electrons. The van der Waals surface area contributed by atoms with Crippen molar-refractivity contribution >= 4 is 0 Å². The molecule has 0 aromatic heterocycles. The van der Waals surface area contributed by atoms with Crippen molar-refractivity contribution in [2.24, 2.45) is 11.1 Å². The number of rotatable bonds is 1. The molecule has 1 nitrogen and oxygen atoms in total. The van der Waals surface area contributed by atoms with Gasteiger partial charge in [0.15, 0.2) is 0 Å². The van der Waals surface area contributed by atoms with Crippen molar-refractivity contribution in [3.8, 4) is 0 Å². The van der Waals surface area contributed by atoms with Crippen molar-refractivity contribution < 1.29 is 8.78 Å². The maximum atomic E-state index is 13.8. The van der Waals surface area contributed by atoms with Crippen molar-refractivity contribution in [2.75, 3.05) is 0 Å². The van der Waals surface area contributed by atoms with Crippen LogP contribution in [-0.2, 0) is 5.54 Å². The summed E-state index contributed by atoms with van der Waals surface area (Å²) in [5, 5.41) is 0. The van der Waals surface area contributed by atoms with Crippen LogP contribution in [-0.4, -0.2) is 0 Å². The number of benzene rings is 1. The lowest BCUT2D eigenvalue weighted by atomic mass is 9.51. The molecule has 0 heterocycles. The highest BCUT2D eigenvalue weighted by atomic mass is 19.1. The molecule has 0 atom stereocenters. The van der Waals surface area contributed by atoms with Gasteiger partial charge in [0.2, 0.25) is 0 Å². The highest BCUT2D eigenvalue weighted by molar-refractivity contribution is 5.31. The van der Waals surface area contributed by atoms with E-state index in [1.165, 1.54) is 44.2 Å². The van der Waals surface area contributed by atoms with Crippen LogP contribution in [0.2, 0.25) is 0 Å². The van der Waals surface area contributed by atoms with Gasteiger partial charge in [0.25, 0.3) is 0 Å². The second-order valence-corrected chi connectivity index (χ2v) is 6.19. The van der Waals surface area contributed by atoms with E-state index in [9.17, 15) is 8.78 Å². The largest absolute Gasteiger partial charge is 0.321 e. The SMILES string of the molecule is NC1(c2ccc(F)cc2F)CC2(CCCCC2)C1. The summed E-state index contributed by atoms with van der Waals surface area (Å²) in [4.78, 5) is 0. The van der Waals surface area contributed by atoms with Crippen molar-refractivity contribution in [3.63, 3.8) is 0 Å². The van der Waals surface area contributed by atoms with E-state index in [2.05, 4.69) is 0 Å². The van der Waals surface area contributed by atoms with E-state index >= 15 is 0 Å². The third kappa shape index (κ3) is 1.85. The maximum Gasteiger partial charge on any atom is 0.131 e. The minimum absolute atomic E-state index is 0.341. The van der Waals surface area contributed by atoms with Crippen molar-refractivity contribution in [3.05, 3.63) is 35.4 Å². The third-order valence-corrected chi connectivity index (χ3v) is 4.76. The third-order valence-electron chi connectivity index (χ3n) is 4.76. The molecule has 0 unspecified atom stereocenters. The lowest BCUT2D eigenvalue weighted by molar-refractivity contribution is -0.0117. The summed E-state index contributed by atoms with van der Waals surface area (Å²) in [5.41, 5.74) is 6.57. The highest BCUT2D eigenvalue weighted by Gasteiger charge is 2.53. The van der Waals surface area contributed by atoms with Crippen LogP contribution in [0.3, 0.4) is 0 Å². The molecular formula is C15H19F2N. The molecule has 0 aliphatic heterocycles. The summed E-state index contributed by atoms with van der Waals surface area (Å²) in [7, 11) is 0. The molecule has 1 spiro atoms. The standard InChI is InChI=1S/C15H19F2N/c16-11-4-5-12(13(17)8-11)15(18)9-14(10-15)6-2-1-3-7-14/h4-5,8H,1-3,6-7,9-10,18H2. The summed E-state index contributed by atoms with van der Waals surface area (Å²) in [6.45, 7) is 0. The average molecular weight is 251 g/mol. The number of nitrogens with two attached hydrogens (primary N) is 1. The van der Waals surface area contributed by atoms with Crippen LogP contribution < -0.4 is 5.73 Å². The van der Waals surface area contributed by atoms with Gasteiger partial charge in [-0.15, -0.1) is 0 Å².